The van der Waals surface area contributed by atoms with Gasteiger partial charge in [0.25, 0.3) is 0 Å². The molecule has 1 aromatic rings. The largest absolute Gasteiger partial charge is 0.338 e. The third kappa shape index (κ3) is 3.78. The first-order valence-electron chi connectivity index (χ1n) is 8.44. The fourth-order valence-corrected chi connectivity index (χ4v) is 4.29. The van der Waals surface area contributed by atoms with Gasteiger partial charge in [-0.25, -0.2) is 13.2 Å². The average Bonchev–Trinajstić information content (AvgIpc) is 2.80. The molecule has 2 N–H and O–H groups in total. The van der Waals surface area contributed by atoms with Crippen LogP contribution >= 0.6 is 0 Å². The van der Waals surface area contributed by atoms with Gasteiger partial charge in [0.05, 0.1) is 4.90 Å². The van der Waals surface area contributed by atoms with Crippen molar-refractivity contribution in [1.29, 1.82) is 0 Å². The summed E-state index contributed by atoms with van der Waals surface area (Å²) in [7, 11) is -3.37. The average molecular weight is 365 g/mol. The van der Waals surface area contributed by atoms with Gasteiger partial charge in [0.15, 0.2) is 9.84 Å². The molecule has 0 aromatic heterocycles. The Balaban J connectivity index is 1.62. The van der Waals surface area contributed by atoms with Crippen molar-refractivity contribution in [2.75, 3.05) is 18.1 Å². The van der Waals surface area contributed by atoms with E-state index in [-0.39, 0.29) is 10.8 Å². The van der Waals surface area contributed by atoms with Gasteiger partial charge in [-0.3, -0.25) is 4.79 Å². The molecule has 7 nitrogen and oxygen atoms in total. The minimum atomic E-state index is -3.37. The van der Waals surface area contributed by atoms with Crippen LogP contribution in [0.2, 0.25) is 0 Å². The van der Waals surface area contributed by atoms with E-state index in [0.717, 1.165) is 25.5 Å². The quantitative estimate of drug-likeness (QED) is 0.848. The van der Waals surface area contributed by atoms with Gasteiger partial charge in [0.2, 0.25) is 5.91 Å². The number of amides is 3. The minimum Gasteiger partial charge on any atom is -0.338 e. The maximum Gasteiger partial charge on any atom is 0.319 e. The van der Waals surface area contributed by atoms with E-state index in [1.54, 1.807) is 19.1 Å². The van der Waals surface area contributed by atoms with Crippen LogP contribution in [0.1, 0.15) is 31.2 Å². The van der Waals surface area contributed by atoms with Crippen molar-refractivity contribution in [2.24, 2.45) is 0 Å². The van der Waals surface area contributed by atoms with Gasteiger partial charge in [-0.05, 0) is 50.3 Å². The second-order valence-corrected chi connectivity index (χ2v) is 8.79. The molecule has 1 saturated carbocycles. The highest BCUT2D eigenvalue weighted by molar-refractivity contribution is 7.90. The van der Waals surface area contributed by atoms with Crippen LogP contribution in [0.25, 0.3) is 0 Å². The summed E-state index contributed by atoms with van der Waals surface area (Å²) in [5.74, 6) is -0.0272. The SMILES string of the molecule is Cc1ccc(NC(=O)NC2CCN(C3CCC3)C2=O)cc1S(C)(=O)=O. The first kappa shape index (κ1) is 17.7. The van der Waals surface area contributed by atoms with Gasteiger partial charge < -0.3 is 15.5 Å². The molecule has 2 fully saturated rings. The van der Waals surface area contributed by atoms with Crippen LogP contribution in [-0.2, 0) is 14.6 Å². The first-order chi connectivity index (χ1) is 11.8. The van der Waals surface area contributed by atoms with Crippen LogP contribution in [0.5, 0.6) is 0 Å². The Bertz CT molecular complexity index is 802. The third-order valence-corrected chi connectivity index (χ3v) is 6.14. The molecule has 25 heavy (non-hydrogen) atoms. The lowest BCUT2D eigenvalue weighted by atomic mass is 9.92. The van der Waals surface area contributed by atoms with Crippen LogP contribution < -0.4 is 10.6 Å². The molecule has 1 aromatic carbocycles. The lowest BCUT2D eigenvalue weighted by molar-refractivity contribution is -0.132. The second-order valence-electron chi connectivity index (χ2n) is 6.81. The highest BCUT2D eigenvalue weighted by Crippen LogP contribution is 2.28. The van der Waals surface area contributed by atoms with Gasteiger partial charge in [-0.1, -0.05) is 6.07 Å². The molecule has 1 unspecified atom stereocenters. The van der Waals surface area contributed by atoms with Crippen molar-refractivity contribution in [3.63, 3.8) is 0 Å². The highest BCUT2D eigenvalue weighted by Gasteiger charge is 2.38. The summed E-state index contributed by atoms with van der Waals surface area (Å²) < 4.78 is 23.5. The monoisotopic (exact) mass is 365 g/mol. The Morgan fingerprint density at radius 3 is 2.56 bits per heavy atom. The summed E-state index contributed by atoms with van der Waals surface area (Å²) in [5.41, 5.74) is 1.00. The topological polar surface area (TPSA) is 95.6 Å². The first-order valence-corrected chi connectivity index (χ1v) is 10.3. The van der Waals surface area contributed by atoms with Crippen molar-refractivity contribution in [1.82, 2.24) is 10.2 Å². The standard InChI is InChI=1S/C17H23N3O4S/c1-11-6-7-12(10-15(11)25(2,23)24)18-17(22)19-14-8-9-20(16(14)21)13-4-3-5-13/h6-7,10,13-14H,3-5,8-9H2,1-2H3,(H2,18,19,22). The van der Waals surface area contributed by atoms with E-state index in [9.17, 15) is 18.0 Å². The number of rotatable bonds is 4. The molecule has 8 heteroatoms. The number of urea groups is 1. The van der Waals surface area contributed by atoms with E-state index in [1.165, 1.54) is 6.07 Å². The molecule has 3 rings (SSSR count). The molecule has 2 aliphatic rings. The molecule has 1 aliphatic heterocycles. The summed E-state index contributed by atoms with van der Waals surface area (Å²) in [5, 5.41) is 5.31. The molecule has 1 saturated heterocycles. The predicted molar refractivity (Wildman–Crippen MR) is 94.2 cm³/mol. The molecular formula is C17H23N3O4S. The van der Waals surface area contributed by atoms with Gasteiger partial charge >= 0.3 is 6.03 Å². The highest BCUT2D eigenvalue weighted by atomic mass is 32.2. The van der Waals surface area contributed by atoms with E-state index in [1.807, 2.05) is 4.90 Å². The predicted octanol–water partition coefficient (Wildman–Crippen LogP) is 1.67. The van der Waals surface area contributed by atoms with E-state index >= 15 is 0 Å². The van der Waals surface area contributed by atoms with Crippen molar-refractivity contribution in [3.05, 3.63) is 23.8 Å². The van der Waals surface area contributed by atoms with Crippen molar-refractivity contribution < 1.29 is 18.0 Å². The summed E-state index contributed by atoms with van der Waals surface area (Å²) in [4.78, 5) is 26.6. The molecule has 0 radical (unpaired) electrons. The third-order valence-electron chi connectivity index (χ3n) is 4.91. The number of likely N-dealkylation sites (tertiary alicyclic amines) is 1. The Morgan fingerprint density at radius 2 is 1.96 bits per heavy atom. The second kappa shape index (κ2) is 6.67. The zero-order valence-corrected chi connectivity index (χ0v) is 15.2. The van der Waals surface area contributed by atoms with Crippen LogP contribution in [0, 0.1) is 6.92 Å². The molecule has 0 spiro atoms. The van der Waals surface area contributed by atoms with E-state index < -0.39 is 21.9 Å². The van der Waals surface area contributed by atoms with Crippen molar-refractivity contribution in [2.45, 2.75) is 49.6 Å². The number of carbonyl (C=O) groups excluding carboxylic acids is 2. The Kier molecular flexibility index (Phi) is 4.73. The number of hydrogen-bond donors (Lipinski definition) is 2. The summed E-state index contributed by atoms with van der Waals surface area (Å²) >= 11 is 0. The number of nitrogens with one attached hydrogen (secondary N) is 2. The zero-order chi connectivity index (χ0) is 18.2. The molecular weight excluding hydrogens is 342 g/mol. The van der Waals surface area contributed by atoms with E-state index in [0.29, 0.717) is 30.3 Å². The minimum absolute atomic E-state index is 0.0272. The Hall–Kier alpha value is -2.09. The molecule has 136 valence electrons. The fourth-order valence-electron chi connectivity index (χ4n) is 3.30. The summed E-state index contributed by atoms with van der Waals surface area (Å²) in [6, 6.07) is 4.03. The normalized spacial score (nSPS) is 21.1. The lowest BCUT2D eigenvalue weighted by Gasteiger charge is -2.34. The van der Waals surface area contributed by atoms with Crippen LogP contribution in [0.4, 0.5) is 10.5 Å². The molecule has 1 heterocycles. The maximum atomic E-state index is 12.4. The summed E-state index contributed by atoms with van der Waals surface area (Å²) in [6.07, 6.45) is 4.98. The van der Waals surface area contributed by atoms with Gasteiger partial charge in [-0.15, -0.1) is 0 Å². The van der Waals surface area contributed by atoms with E-state index in [2.05, 4.69) is 10.6 Å². The zero-order valence-electron chi connectivity index (χ0n) is 14.4. The molecule has 0 bridgehead atoms. The number of sulfone groups is 1. The Labute approximate surface area is 147 Å². The molecule has 1 atom stereocenters. The van der Waals surface area contributed by atoms with Gasteiger partial charge in [0.1, 0.15) is 6.04 Å². The smallest absolute Gasteiger partial charge is 0.319 e. The molecule has 1 aliphatic carbocycles. The number of aryl methyl sites for hydroxylation is 1. The van der Waals surface area contributed by atoms with Crippen molar-refractivity contribution in [3.8, 4) is 0 Å². The van der Waals surface area contributed by atoms with Crippen LogP contribution in [-0.4, -0.2) is 50.1 Å². The fraction of sp³-hybridized carbons (Fsp3) is 0.529. The number of carbonyl (C=O) groups is 2. The summed E-state index contributed by atoms with van der Waals surface area (Å²) in [6.45, 7) is 2.38. The Morgan fingerprint density at radius 1 is 1.24 bits per heavy atom. The van der Waals surface area contributed by atoms with Crippen LogP contribution in [0.15, 0.2) is 23.1 Å². The van der Waals surface area contributed by atoms with Gasteiger partial charge in [0, 0.05) is 24.5 Å². The number of benzene rings is 1. The number of nitrogens with zero attached hydrogens (tertiary/aromatic N) is 1. The van der Waals surface area contributed by atoms with Gasteiger partial charge in [-0.2, -0.15) is 0 Å². The number of hydrogen-bond acceptors (Lipinski definition) is 4. The van der Waals surface area contributed by atoms with E-state index in [4.69, 9.17) is 0 Å². The molecule has 3 amide bonds. The number of anilines is 1. The van der Waals surface area contributed by atoms with Crippen molar-refractivity contribution >= 4 is 27.5 Å². The lowest BCUT2D eigenvalue weighted by Crippen LogP contribution is -2.47. The van der Waals surface area contributed by atoms with Crippen LogP contribution in [0.3, 0.4) is 0 Å². The maximum absolute atomic E-state index is 12.4.